The lowest BCUT2D eigenvalue weighted by Gasteiger charge is -2.25. The highest BCUT2D eigenvalue weighted by Crippen LogP contribution is 2.28. The van der Waals surface area contributed by atoms with Gasteiger partial charge in [0.2, 0.25) is 0 Å². The molecule has 0 radical (unpaired) electrons. The first-order valence-corrected chi connectivity index (χ1v) is 20.6. The number of para-hydroxylation sites is 2. The molecule has 310 valence electrons. The average molecular weight is 867 g/mol. The van der Waals surface area contributed by atoms with Crippen LogP contribution in [0.2, 0.25) is 20.5 Å². The molecule has 0 atom stereocenters. The molecule has 6 aromatic rings. The van der Waals surface area contributed by atoms with Crippen molar-refractivity contribution >= 4 is 70.9 Å². The van der Waals surface area contributed by atoms with E-state index in [9.17, 15) is 9.59 Å². The molecule has 1 saturated heterocycles. The van der Waals surface area contributed by atoms with Gasteiger partial charge in [0.05, 0.1) is 41.1 Å². The van der Waals surface area contributed by atoms with Gasteiger partial charge in [-0.15, -0.1) is 0 Å². The minimum atomic E-state index is -0.135. The Bertz CT molecular complexity index is 2140. The van der Waals surface area contributed by atoms with Gasteiger partial charge in [-0.25, -0.2) is 0 Å². The number of aromatic nitrogens is 4. The Hall–Kier alpha value is -5.09. The highest BCUT2D eigenvalue weighted by Gasteiger charge is 2.31. The van der Waals surface area contributed by atoms with Crippen molar-refractivity contribution in [2.45, 2.75) is 67.2 Å². The van der Waals surface area contributed by atoms with Gasteiger partial charge in [-0.1, -0.05) is 56.3 Å². The molecule has 7 rings (SSSR count). The van der Waals surface area contributed by atoms with E-state index in [1.165, 1.54) is 0 Å². The molecule has 0 unspecified atom stereocenters. The second-order valence-electron chi connectivity index (χ2n) is 14.3. The van der Waals surface area contributed by atoms with E-state index < -0.39 is 0 Å². The fourth-order valence-corrected chi connectivity index (χ4v) is 6.75. The van der Waals surface area contributed by atoms with E-state index in [1.54, 1.807) is 41.4 Å². The molecule has 1 aliphatic rings. The van der Waals surface area contributed by atoms with E-state index in [1.807, 2.05) is 102 Å². The maximum atomic E-state index is 12.8. The second-order valence-corrected chi connectivity index (χ2v) is 15.1. The summed E-state index contributed by atoms with van der Waals surface area (Å²) in [6.07, 6.45) is 5.43. The maximum Gasteiger partial charge on any atom is 0.426 e. The molecule has 17 heteroatoms. The molecule has 4 aromatic carbocycles. The number of nitrogens with zero attached hydrogens (tertiary/aromatic N) is 4. The lowest BCUT2D eigenvalue weighted by molar-refractivity contribution is 0.0778. The third kappa shape index (κ3) is 12.5. The molecule has 0 saturated carbocycles. The summed E-state index contributed by atoms with van der Waals surface area (Å²) in [7, 11) is 3.20. The number of halogens is 1. The Balaban J connectivity index is 0.000000217. The zero-order valence-electron chi connectivity index (χ0n) is 35.1. The molecule has 59 heavy (non-hydrogen) atoms. The van der Waals surface area contributed by atoms with Gasteiger partial charge in [0.15, 0.2) is 0 Å². The van der Waals surface area contributed by atoms with Crippen LogP contribution in [0.25, 0.3) is 21.8 Å². The van der Waals surface area contributed by atoms with Crippen LogP contribution < -0.4 is 9.47 Å². The van der Waals surface area contributed by atoms with E-state index >= 15 is 0 Å². The third-order valence-electron chi connectivity index (χ3n) is 9.32. The number of hydrogen-bond acceptors (Lipinski definition) is 9. The quantitative estimate of drug-likeness (QED) is 0.115. The van der Waals surface area contributed by atoms with E-state index in [2.05, 4.69) is 43.2 Å². The smallest absolute Gasteiger partial charge is 0.426 e. The van der Waals surface area contributed by atoms with Crippen LogP contribution in [-0.4, -0.2) is 90.7 Å². The second kappa shape index (κ2) is 21.8. The van der Waals surface area contributed by atoms with Gasteiger partial charge in [0.25, 0.3) is 11.8 Å². The molecule has 0 spiro atoms. The molecule has 1 fully saturated rings. The Morgan fingerprint density at radius 3 is 1.61 bits per heavy atom. The van der Waals surface area contributed by atoms with Crippen molar-refractivity contribution in [3.05, 3.63) is 117 Å². The molecule has 2 amide bonds. The number of benzene rings is 4. The monoisotopic (exact) mass is 866 g/mol. The number of carbonyl (C=O) groups excluding carboxylic acids is 2. The van der Waals surface area contributed by atoms with Gasteiger partial charge in [-0.3, -0.25) is 19.8 Å². The summed E-state index contributed by atoms with van der Waals surface area (Å²) in [6, 6.07) is 23.0. The fourth-order valence-electron chi connectivity index (χ4n) is 6.39. The number of nitrogens with one attached hydrogen (secondary N) is 2. The van der Waals surface area contributed by atoms with Crippen molar-refractivity contribution in [1.82, 2.24) is 30.2 Å². The highest BCUT2D eigenvalue weighted by molar-refractivity contribution is 9.10. The van der Waals surface area contributed by atoms with Crippen LogP contribution in [0.15, 0.2) is 89.7 Å². The predicted octanol–water partition coefficient (Wildman–Crippen LogP) is 8.97. The lowest BCUT2D eigenvalue weighted by Crippen LogP contribution is -2.44. The summed E-state index contributed by atoms with van der Waals surface area (Å²) in [6.45, 7) is 13.9. The molecular formula is C42H54B3BrN6O7. The fraction of sp³-hybridized carbons (Fsp3) is 0.333. The first-order valence-electron chi connectivity index (χ1n) is 19.8. The van der Waals surface area contributed by atoms with Crippen LogP contribution in [0.1, 0.15) is 65.5 Å². The van der Waals surface area contributed by atoms with Gasteiger partial charge in [0, 0.05) is 50.5 Å². The Morgan fingerprint density at radius 1 is 0.695 bits per heavy atom. The third-order valence-corrected chi connectivity index (χ3v) is 9.98. The van der Waals surface area contributed by atoms with Gasteiger partial charge in [0.1, 0.15) is 11.5 Å². The largest absolute Gasteiger partial charge is 0.493 e. The van der Waals surface area contributed by atoms with Crippen molar-refractivity contribution in [3.8, 4) is 11.5 Å². The number of H-pyrrole nitrogens is 2. The summed E-state index contributed by atoms with van der Waals surface area (Å²) in [5.41, 5.74) is 6.29. The summed E-state index contributed by atoms with van der Waals surface area (Å²) in [5, 5.41) is 16.2. The van der Waals surface area contributed by atoms with Crippen molar-refractivity contribution in [3.63, 3.8) is 0 Å². The van der Waals surface area contributed by atoms with Crippen molar-refractivity contribution in [2.24, 2.45) is 0 Å². The summed E-state index contributed by atoms with van der Waals surface area (Å²) in [5.74, 6) is 1.39. The van der Waals surface area contributed by atoms with Gasteiger partial charge in [-0.05, 0) is 103 Å². The molecule has 2 aromatic heterocycles. The van der Waals surface area contributed by atoms with E-state index in [4.69, 9.17) is 23.2 Å². The summed E-state index contributed by atoms with van der Waals surface area (Å²) < 4.78 is 27.6. The summed E-state index contributed by atoms with van der Waals surface area (Å²) >= 11 is 3.46. The minimum Gasteiger partial charge on any atom is -0.493 e. The van der Waals surface area contributed by atoms with Gasteiger partial charge < -0.3 is 33.0 Å². The SMILES string of the molecule is CB1OB(C)OB(C)O1.CCCOc1cc(C(=O)N(C)Cc2cccc3cn[nH]c23)ccc1Br.CCCOc1cc(C(=O)N(C)Cc2cccc3cn[nH]c23)ccc1C.[HH]. The number of aromatic amines is 2. The lowest BCUT2D eigenvalue weighted by atomic mass is 9.74. The average Bonchev–Trinajstić information content (AvgIpc) is 3.91. The van der Waals surface area contributed by atoms with Crippen molar-refractivity contribution in [1.29, 1.82) is 0 Å². The molecule has 2 N–H and O–H groups in total. The molecule has 1 aliphatic heterocycles. The minimum absolute atomic E-state index is 0. The number of rotatable bonds is 12. The zero-order chi connectivity index (χ0) is 42.5. The number of aryl methyl sites for hydroxylation is 1. The van der Waals surface area contributed by atoms with Gasteiger partial charge in [-0.2, -0.15) is 10.2 Å². The van der Waals surface area contributed by atoms with Gasteiger partial charge >= 0.3 is 21.4 Å². The Kier molecular flexibility index (Phi) is 16.6. The predicted molar refractivity (Wildman–Crippen MR) is 241 cm³/mol. The first-order chi connectivity index (χ1) is 28.4. The van der Waals surface area contributed by atoms with Crippen molar-refractivity contribution < 1.29 is 34.2 Å². The molecule has 3 heterocycles. The first kappa shape index (κ1) is 45.0. The Morgan fingerprint density at radius 2 is 1.14 bits per heavy atom. The molecule has 13 nitrogen and oxygen atoms in total. The van der Waals surface area contributed by atoms with Crippen LogP contribution in [-0.2, 0) is 26.8 Å². The Labute approximate surface area is 357 Å². The number of fused-ring (bicyclic) bond motifs is 2. The number of ether oxygens (including phenoxy) is 2. The number of amides is 2. The van der Waals surface area contributed by atoms with Crippen LogP contribution in [0.5, 0.6) is 11.5 Å². The zero-order valence-corrected chi connectivity index (χ0v) is 36.7. The topological polar surface area (TPSA) is 144 Å². The van der Waals surface area contributed by atoms with Crippen LogP contribution in [0.4, 0.5) is 0 Å². The van der Waals surface area contributed by atoms with E-state index in [0.29, 0.717) is 43.2 Å². The number of carbonyl (C=O) groups is 2. The van der Waals surface area contributed by atoms with Crippen LogP contribution in [0.3, 0.4) is 0 Å². The molecule has 0 bridgehead atoms. The molecular weight excluding hydrogens is 813 g/mol. The highest BCUT2D eigenvalue weighted by atomic mass is 79.9. The number of hydrogen-bond donors (Lipinski definition) is 2. The standard InChI is InChI=1S/C20H23N3O2.C19H20BrN3O2.C3H9B3O3.H2/c1-4-10-25-18-11-15(9-8-14(18)2)20(24)23(3)13-17-7-5-6-16-12-21-22-19(16)17;1-3-9-25-17-10-13(7-8-16(17)20)19(24)23(2)12-15-6-4-5-14-11-21-22-18(14)15;1-4-7-5(2)9-6(3)8-4;/h5-9,11-12H,4,10,13H2,1-3H3,(H,21,22);4-8,10-11H,3,9,12H2,1-2H3,(H,21,22);1-3H3;1H. The van der Waals surface area contributed by atoms with Crippen molar-refractivity contribution in [2.75, 3.05) is 27.3 Å². The maximum absolute atomic E-state index is 12.8. The molecule has 0 aliphatic carbocycles. The summed E-state index contributed by atoms with van der Waals surface area (Å²) in [4.78, 5) is 29.0. The van der Waals surface area contributed by atoms with E-state index in [-0.39, 0.29) is 34.6 Å². The normalized spacial score (nSPS) is 12.4. The van der Waals surface area contributed by atoms with Crippen LogP contribution >= 0.6 is 15.9 Å². The van der Waals surface area contributed by atoms with Crippen LogP contribution in [0, 0.1) is 6.92 Å². The van der Waals surface area contributed by atoms with E-state index in [0.717, 1.165) is 61.6 Å².